The molecule has 1 N–H and O–H groups in total. The fourth-order valence-corrected chi connectivity index (χ4v) is 5.40. The van der Waals surface area contributed by atoms with Crippen LogP contribution in [0.15, 0.2) is 16.3 Å². The van der Waals surface area contributed by atoms with Gasteiger partial charge in [-0.25, -0.2) is 8.42 Å². The first-order valence-electron chi connectivity index (χ1n) is 6.16. The van der Waals surface area contributed by atoms with Crippen molar-refractivity contribution in [1.29, 1.82) is 0 Å². The molecule has 1 aromatic heterocycles. The van der Waals surface area contributed by atoms with Gasteiger partial charge in [-0.15, -0.1) is 11.3 Å². The molecular formula is C12H17NO4S2. The molecule has 1 saturated carbocycles. The minimum absolute atomic E-state index is 0.0810. The van der Waals surface area contributed by atoms with Crippen molar-refractivity contribution in [2.45, 2.75) is 49.4 Å². The second-order valence-corrected chi connectivity index (χ2v) is 8.19. The van der Waals surface area contributed by atoms with Crippen LogP contribution < -0.4 is 0 Å². The van der Waals surface area contributed by atoms with E-state index in [9.17, 15) is 13.2 Å². The molecule has 19 heavy (non-hydrogen) atoms. The largest absolute Gasteiger partial charge is 0.481 e. The summed E-state index contributed by atoms with van der Waals surface area (Å²) in [7, 11) is -3.49. The van der Waals surface area contributed by atoms with Gasteiger partial charge in [0.25, 0.3) is 10.0 Å². The van der Waals surface area contributed by atoms with E-state index in [1.165, 1.54) is 6.07 Å². The van der Waals surface area contributed by atoms with Crippen LogP contribution in [-0.4, -0.2) is 35.9 Å². The molecule has 1 fully saturated rings. The molecule has 5 nitrogen and oxygen atoms in total. The van der Waals surface area contributed by atoms with E-state index in [-0.39, 0.29) is 22.7 Å². The molecule has 0 bridgehead atoms. The third kappa shape index (κ3) is 3.16. The Morgan fingerprint density at radius 2 is 2.11 bits per heavy atom. The molecular weight excluding hydrogens is 286 g/mol. The van der Waals surface area contributed by atoms with Crippen molar-refractivity contribution < 1.29 is 18.3 Å². The zero-order chi connectivity index (χ0) is 14.2. The van der Waals surface area contributed by atoms with E-state index in [1.54, 1.807) is 10.4 Å². The molecule has 0 spiro atoms. The molecule has 106 valence electrons. The van der Waals surface area contributed by atoms with Crippen LogP contribution in [0.2, 0.25) is 0 Å². The number of carbonyl (C=O) groups is 1. The fourth-order valence-electron chi connectivity index (χ4n) is 2.07. The molecule has 2 rings (SSSR count). The number of aliphatic carboxylic acids is 1. The van der Waals surface area contributed by atoms with Gasteiger partial charge in [-0.3, -0.25) is 4.79 Å². The molecule has 1 aliphatic carbocycles. The summed E-state index contributed by atoms with van der Waals surface area (Å²) in [4.78, 5) is 11.2. The van der Waals surface area contributed by atoms with E-state index in [0.717, 1.165) is 24.2 Å². The van der Waals surface area contributed by atoms with Crippen LogP contribution >= 0.6 is 11.3 Å². The quantitative estimate of drug-likeness (QED) is 0.871. The Kier molecular flexibility index (Phi) is 3.98. The Morgan fingerprint density at radius 3 is 2.58 bits per heavy atom. The van der Waals surface area contributed by atoms with Gasteiger partial charge in [0.15, 0.2) is 0 Å². The summed E-state index contributed by atoms with van der Waals surface area (Å²) < 4.78 is 26.9. The summed E-state index contributed by atoms with van der Waals surface area (Å²) in [6.45, 7) is 3.73. The van der Waals surface area contributed by atoms with Crippen LogP contribution in [0, 0.1) is 0 Å². The summed E-state index contributed by atoms with van der Waals surface area (Å²) in [5.41, 5.74) is 0. The van der Waals surface area contributed by atoms with Crippen molar-refractivity contribution in [2.24, 2.45) is 0 Å². The van der Waals surface area contributed by atoms with Gasteiger partial charge in [0.2, 0.25) is 0 Å². The first kappa shape index (κ1) is 14.5. The number of thiophene rings is 1. The average Bonchev–Trinajstić information content (AvgIpc) is 2.95. The first-order chi connectivity index (χ1) is 8.82. The minimum atomic E-state index is -3.49. The van der Waals surface area contributed by atoms with Crippen LogP contribution in [0.1, 0.15) is 31.6 Å². The lowest BCUT2D eigenvalue weighted by atomic mass is 10.3. The summed E-state index contributed by atoms with van der Waals surface area (Å²) in [6.07, 6.45) is 1.68. The number of sulfonamides is 1. The average molecular weight is 303 g/mol. The number of nitrogens with zero attached hydrogens (tertiary/aromatic N) is 1. The lowest BCUT2D eigenvalue weighted by Crippen LogP contribution is -2.38. The van der Waals surface area contributed by atoms with Gasteiger partial charge in [0, 0.05) is 17.0 Å². The van der Waals surface area contributed by atoms with Crippen LogP contribution in [0.5, 0.6) is 0 Å². The predicted molar refractivity (Wildman–Crippen MR) is 72.8 cm³/mol. The Bertz CT molecular complexity index is 570. The first-order valence-corrected chi connectivity index (χ1v) is 8.42. The Hall–Kier alpha value is -0.920. The number of hydrogen-bond acceptors (Lipinski definition) is 4. The van der Waals surface area contributed by atoms with Gasteiger partial charge in [-0.05, 0) is 38.8 Å². The summed E-state index contributed by atoms with van der Waals surface area (Å²) in [5.74, 6) is -0.950. The van der Waals surface area contributed by atoms with E-state index < -0.39 is 16.0 Å². The SMILES string of the molecule is CC(C)N(C1CC1)S(=O)(=O)c1ccc(CC(=O)O)s1. The van der Waals surface area contributed by atoms with Crippen molar-refractivity contribution in [3.8, 4) is 0 Å². The second-order valence-electron chi connectivity index (χ2n) is 4.95. The highest BCUT2D eigenvalue weighted by molar-refractivity contribution is 7.91. The molecule has 0 aliphatic heterocycles. The van der Waals surface area contributed by atoms with Crippen LogP contribution in [0.25, 0.3) is 0 Å². The smallest absolute Gasteiger partial charge is 0.308 e. The van der Waals surface area contributed by atoms with Crippen molar-refractivity contribution in [2.75, 3.05) is 0 Å². The number of hydrogen-bond donors (Lipinski definition) is 1. The van der Waals surface area contributed by atoms with Crippen molar-refractivity contribution in [3.05, 3.63) is 17.0 Å². The highest BCUT2D eigenvalue weighted by Gasteiger charge is 2.40. The summed E-state index contributed by atoms with van der Waals surface area (Å²) in [6, 6.07) is 3.12. The molecule has 0 unspecified atom stereocenters. The molecule has 0 atom stereocenters. The monoisotopic (exact) mass is 303 g/mol. The number of carboxylic acid groups (broad SMARTS) is 1. The lowest BCUT2D eigenvalue weighted by Gasteiger charge is -2.24. The van der Waals surface area contributed by atoms with Gasteiger partial charge in [0.05, 0.1) is 6.42 Å². The summed E-state index contributed by atoms with van der Waals surface area (Å²) in [5, 5.41) is 8.72. The molecule has 0 radical (unpaired) electrons. The Labute approximate surface area is 116 Å². The summed E-state index contributed by atoms with van der Waals surface area (Å²) >= 11 is 1.05. The molecule has 1 aromatic rings. The third-order valence-corrected chi connectivity index (χ3v) is 6.59. The van der Waals surface area contributed by atoms with E-state index >= 15 is 0 Å². The lowest BCUT2D eigenvalue weighted by molar-refractivity contribution is -0.136. The minimum Gasteiger partial charge on any atom is -0.481 e. The Morgan fingerprint density at radius 1 is 1.47 bits per heavy atom. The van der Waals surface area contributed by atoms with Crippen LogP contribution in [0.3, 0.4) is 0 Å². The maximum atomic E-state index is 12.5. The highest BCUT2D eigenvalue weighted by Crippen LogP contribution is 2.35. The predicted octanol–water partition coefficient (Wildman–Crippen LogP) is 1.94. The van der Waals surface area contributed by atoms with Crippen molar-refractivity contribution in [3.63, 3.8) is 0 Å². The molecule has 0 amide bonds. The highest BCUT2D eigenvalue weighted by atomic mass is 32.2. The van der Waals surface area contributed by atoms with E-state index in [4.69, 9.17) is 5.11 Å². The second kappa shape index (κ2) is 5.22. The number of carboxylic acids is 1. The molecule has 0 aromatic carbocycles. The molecule has 0 saturated heterocycles. The Balaban J connectivity index is 2.27. The van der Waals surface area contributed by atoms with E-state index in [2.05, 4.69) is 0 Å². The van der Waals surface area contributed by atoms with Gasteiger partial charge in [-0.2, -0.15) is 4.31 Å². The molecule has 1 aliphatic rings. The van der Waals surface area contributed by atoms with Gasteiger partial charge in [-0.1, -0.05) is 0 Å². The maximum Gasteiger partial charge on any atom is 0.308 e. The van der Waals surface area contributed by atoms with Crippen LogP contribution in [-0.2, 0) is 21.2 Å². The van der Waals surface area contributed by atoms with E-state index in [1.807, 2.05) is 13.8 Å². The fraction of sp³-hybridized carbons (Fsp3) is 0.583. The normalized spacial score (nSPS) is 16.2. The topological polar surface area (TPSA) is 74.7 Å². The zero-order valence-corrected chi connectivity index (χ0v) is 12.5. The van der Waals surface area contributed by atoms with Crippen LogP contribution in [0.4, 0.5) is 0 Å². The zero-order valence-electron chi connectivity index (χ0n) is 10.9. The number of rotatable bonds is 6. The molecule has 1 heterocycles. The van der Waals surface area contributed by atoms with E-state index in [0.29, 0.717) is 4.88 Å². The van der Waals surface area contributed by atoms with Gasteiger partial charge >= 0.3 is 5.97 Å². The van der Waals surface area contributed by atoms with Gasteiger partial charge < -0.3 is 5.11 Å². The maximum absolute atomic E-state index is 12.5. The standard InChI is InChI=1S/C12H17NO4S2/c1-8(2)13(9-3-4-9)19(16,17)12-6-5-10(18-12)7-11(14)15/h5-6,8-9H,3-4,7H2,1-2H3,(H,14,15). The third-order valence-electron chi connectivity index (χ3n) is 2.91. The van der Waals surface area contributed by atoms with Gasteiger partial charge in [0.1, 0.15) is 4.21 Å². The van der Waals surface area contributed by atoms with Crippen molar-refractivity contribution >= 4 is 27.3 Å². The van der Waals surface area contributed by atoms with Crippen molar-refractivity contribution in [1.82, 2.24) is 4.31 Å². The molecule has 7 heteroatoms.